The zero-order valence-electron chi connectivity index (χ0n) is 16.5. The molecule has 0 amide bonds. The molecule has 4 atom stereocenters. The number of hydrogen-bond donors (Lipinski definition) is 0. The summed E-state index contributed by atoms with van der Waals surface area (Å²) in [5.74, 6) is -0.780. The first kappa shape index (κ1) is 18.8. The van der Waals surface area contributed by atoms with Gasteiger partial charge in [-0.25, -0.2) is 0 Å². The predicted octanol–water partition coefficient (Wildman–Crippen LogP) is 3.43. The summed E-state index contributed by atoms with van der Waals surface area (Å²) < 4.78 is 37.8. The van der Waals surface area contributed by atoms with Crippen molar-refractivity contribution >= 4 is 7.12 Å². The van der Waals surface area contributed by atoms with E-state index in [1.807, 2.05) is 0 Å². The van der Waals surface area contributed by atoms with Gasteiger partial charge in [0, 0.05) is 25.7 Å². The summed E-state index contributed by atoms with van der Waals surface area (Å²) in [5.41, 5.74) is 0. The minimum atomic E-state index is -0.390. The quantitative estimate of drug-likeness (QED) is 0.700. The van der Waals surface area contributed by atoms with E-state index >= 15 is 0 Å². The van der Waals surface area contributed by atoms with Gasteiger partial charge >= 0.3 is 7.12 Å². The third-order valence-corrected chi connectivity index (χ3v) is 6.99. The van der Waals surface area contributed by atoms with Gasteiger partial charge in [-0.1, -0.05) is 19.8 Å². The molecular formula is C20H33BO6. The molecule has 3 aliphatic heterocycles. The fourth-order valence-corrected chi connectivity index (χ4v) is 5.51. The van der Waals surface area contributed by atoms with E-state index in [1.165, 1.54) is 38.5 Å². The molecule has 0 aromatic rings. The van der Waals surface area contributed by atoms with Gasteiger partial charge < -0.3 is 28.3 Å². The van der Waals surface area contributed by atoms with E-state index in [-0.39, 0.29) is 31.5 Å². The molecule has 5 fully saturated rings. The first-order chi connectivity index (χ1) is 13.2. The molecule has 7 heteroatoms. The highest BCUT2D eigenvalue weighted by molar-refractivity contribution is 6.45. The van der Waals surface area contributed by atoms with Gasteiger partial charge in [-0.3, -0.25) is 0 Å². The molecule has 2 aliphatic carbocycles. The minimum absolute atomic E-state index is 0.0869. The van der Waals surface area contributed by atoms with Crippen LogP contribution in [0.1, 0.15) is 71.1 Å². The van der Waals surface area contributed by atoms with Crippen LogP contribution in [0.2, 0.25) is 6.32 Å². The Morgan fingerprint density at radius 1 is 0.704 bits per heavy atom. The lowest BCUT2D eigenvalue weighted by Gasteiger charge is -2.34. The molecule has 0 N–H and O–H groups in total. The number of ether oxygens (including phenoxy) is 4. The van der Waals surface area contributed by atoms with Crippen molar-refractivity contribution in [2.45, 2.75) is 113 Å². The third-order valence-electron chi connectivity index (χ3n) is 6.99. The van der Waals surface area contributed by atoms with Gasteiger partial charge in [-0.15, -0.1) is 0 Å². The van der Waals surface area contributed by atoms with Crippen LogP contribution in [0.4, 0.5) is 0 Å². The van der Waals surface area contributed by atoms with Gasteiger partial charge in [-0.05, 0) is 32.0 Å². The maximum absolute atomic E-state index is 6.47. The van der Waals surface area contributed by atoms with Crippen molar-refractivity contribution < 1.29 is 28.3 Å². The monoisotopic (exact) mass is 380 g/mol. The molecular weight excluding hydrogens is 347 g/mol. The molecule has 5 aliphatic rings. The summed E-state index contributed by atoms with van der Waals surface area (Å²) in [6.45, 7) is 3.26. The second kappa shape index (κ2) is 7.58. The molecule has 152 valence electrons. The zero-order valence-corrected chi connectivity index (χ0v) is 16.5. The van der Waals surface area contributed by atoms with E-state index in [9.17, 15) is 0 Å². The van der Waals surface area contributed by atoms with Crippen LogP contribution in [0.3, 0.4) is 0 Å². The second-order valence-electron chi connectivity index (χ2n) is 8.92. The Labute approximate surface area is 162 Å². The molecule has 2 saturated carbocycles. The first-order valence-electron chi connectivity index (χ1n) is 11.2. The zero-order chi connectivity index (χ0) is 18.3. The molecule has 0 aromatic carbocycles. The molecule has 2 spiro atoms. The largest absolute Gasteiger partial charge is 0.457 e. The minimum Gasteiger partial charge on any atom is -0.403 e. The van der Waals surface area contributed by atoms with E-state index < -0.39 is 11.6 Å². The standard InChI is InChI=1S/C20H33BO6/c1-2-21-26-17(15-13-22-19(24-15)9-5-3-6-10-19)18(27-21)16-14-23-20(25-16)11-7-4-8-12-20/h15-18H,2-14H2,1H3. The van der Waals surface area contributed by atoms with E-state index in [2.05, 4.69) is 6.92 Å². The second-order valence-corrected chi connectivity index (χ2v) is 8.92. The summed E-state index contributed by atoms with van der Waals surface area (Å²) in [5, 5.41) is 0. The average Bonchev–Trinajstić information content (AvgIpc) is 3.41. The van der Waals surface area contributed by atoms with Crippen LogP contribution in [0, 0.1) is 0 Å². The number of hydrogen-bond acceptors (Lipinski definition) is 6. The maximum Gasteiger partial charge on any atom is 0.457 e. The Morgan fingerprint density at radius 3 is 1.56 bits per heavy atom. The highest BCUT2D eigenvalue weighted by Gasteiger charge is 2.55. The SMILES string of the molecule is CCB1OC(C2COC3(CCCCC3)O2)C(C2COC3(CCCCC3)O2)O1. The van der Waals surface area contributed by atoms with E-state index in [0.717, 1.165) is 32.0 Å². The van der Waals surface area contributed by atoms with Crippen molar-refractivity contribution in [2.24, 2.45) is 0 Å². The third kappa shape index (κ3) is 3.60. The van der Waals surface area contributed by atoms with Crippen LogP contribution in [0.5, 0.6) is 0 Å². The van der Waals surface area contributed by atoms with Gasteiger partial charge in [0.1, 0.15) is 12.2 Å². The van der Waals surface area contributed by atoms with E-state index in [0.29, 0.717) is 13.2 Å². The summed E-state index contributed by atoms with van der Waals surface area (Å²) in [7, 11) is -0.196. The average molecular weight is 380 g/mol. The van der Waals surface area contributed by atoms with Gasteiger partial charge in [-0.2, -0.15) is 0 Å². The molecule has 6 nitrogen and oxygen atoms in total. The molecule has 0 aromatic heterocycles. The van der Waals surface area contributed by atoms with E-state index in [1.54, 1.807) is 0 Å². The van der Waals surface area contributed by atoms with Gasteiger partial charge in [0.25, 0.3) is 0 Å². The Bertz CT molecular complexity index is 475. The van der Waals surface area contributed by atoms with Crippen LogP contribution in [0.15, 0.2) is 0 Å². The Morgan fingerprint density at radius 2 is 1.15 bits per heavy atom. The normalized spacial score (nSPS) is 41.0. The highest BCUT2D eigenvalue weighted by atomic mass is 16.8. The molecule has 0 bridgehead atoms. The van der Waals surface area contributed by atoms with Crippen molar-refractivity contribution in [3.8, 4) is 0 Å². The van der Waals surface area contributed by atoms with Crippen molar-refractivity contribution in [1.82, 2.24) is 0 Å². The molecule has 0 radical (unpaired) electrons. The van der Waals surface area contributed by atoms with Crippen LogP contribution in [-0.4, -0.2) is 56.3 Å². The van der Waals surface area contributed by atoms with Crippen molar-refractivity contribution in [3.63, 3.8) is 0 Å². The van der Waals surface area contributed by atoms with Crippen molar-refractivity contribution in [2.75, 3.05) is 13.2 Å². The fraction of sp³-hybridized carbons (Fsp3) is 1.00. The molecule has 3 heterocycles. The predicted molar refractivity (Wildman–Crippen MR) is 99.3 cm³/mol. The van der Waals surface area contributed by atoms with Crippen LogP contribution < -0.4 is 0 Å². The first-order valence-corrected chi connectivity index (χ1v) is 11.2. The Balaban J connectivity index is 1.28. The summed E-state index contributed by atoms with van der Waals surface area (Å²) in [6.07, 6.45) is 11.6. The van der Waals surface area contributed by atoms with Gasteiger partial charge in [0.05, 0.1) is 25.4 Å². The lowest BCUT2D eigenvalue weighted by atomic mass is 9.87. The molecule has 3 saturated heterocycles. The van der Waals surface area contributed by atoms with Gasteiger partial charge in [0.15, 0.2) is 11.6 Å². The van der Waals surface area contributed by atoms with Crippen LogP contribution in [-0.2, 0) is 28.3 Å². The van der Waals surface area contributed by atoms with Crippen LogP contribution in [0.25, 0.3) is 0 Å². The highest BCUT2D eigenvalue weighted by Crippen LogP contribution is 2.44. The lowest BCUT2D eigenvalue weighted by Crippen LogP contribution is -2.46. The summed E-state index contributed by atoms with van der Waals surface area (Å²) in [6, 6.07) is 0. The smallest absolute Gasteiger partial charge is 0.403 e. The van der Waals surface area contributed by atoms with Crippen molar-refractivity contribution in [1.29, 1.82) is 0 Å². The molecule has 4 unspecified atom stereocenters. The van der Waals surface area contributed by atoms with E-state index in [4.69, 9.17) is 28.3 Å². The Kier molecular flexibility index (Phi) is 5.29. The summed E-state index contributed by atoms with van der Waals surface area (Å²) in [4.78, 5) is 0. The van der Waals surface area contributed by atoms with Gasteiger partial charge in [0.2, 0.25) is 0 Å². The molecule has 5 rings (SSSR count). The van der Waals surface area contributed by atoms with Crippen LogP contribution >= 0.6 is 0 Å². The number of rotatable bonds is 3. The summed E-state index contributed by atoms with van der Waals surface area (Å²) >= 11 is 0. The Hall–Kier alpha value is -0.175. The fourth-order valence-electron chi connectivity index (χ4n) is 5.51. The molecule has 27 heavy (non-hydrogen) atoms. The maximum atomic E-state index is 6.47. The van der Waals surface area contributed by atoms with Crippen molar-refractivity contribution in [3.05, 3.63) is 0 Å². The lowest BCUT2D eigenvalue weighted by molar-refractivity contribution is -0.206. The topological polar surface area (TPSA) is 55.4 Å².